The summed E-state index contributed by atoms with van der Waals surface area (Å²) in [6, 6.07) is 13.6. The SMILES string of the molecule is CC(Sc1nnc(-c2ccco2)n1-c1ccccc1)C(=O)NCC1CCCCC1. The summed E-state index contributed by atoms with van der Waals surface area (Å²) in [5.74, 6) is 1.92. The molecule has 1 amide bonds. The van der Waals surface area contributed by atoms with E-state index in [-0.39, 0.29) is 11.2 Å². The maximum Gasteiger partial charge on any atom is 0.233 e. The molecule has 7 heteroatoms. The Morgan fingerprint density at radius 3 is 2.69 bits per heavy atom. The lowest BCUT2D eigenvalue weighted by molar-refractivity contribution is -0.120. The molecule has 0 bridgehead atoms. The summed E-state index contributed by atoms with van der Waals surface area (Å²) >= 11 is 1.41. The molecule has 0 saturated heterocycles. The van der Waals surface area contributed by atoms with E-state index in [1.54, 1.807) is 6.26 Å². The number of aromatic nitrogens is 3. The van der Waals surface area contributed by atoms with Crippen molar-refractivity contribution in [2.75, 3.05) is 6.54 Å². The zero-order valence-corrected chi connectivity index (χ0v) is 17.4. The van der Waals surface area contributed by atoms with Crippen molar-refractivity contribution < 1.29 is 9.21 Å². The van der Waals surface area contributed by atoms with Gasteiger partial charge in [0.2, 0.25) is 11.7 Å². The molecule has 29 heavy (non-hydrogen) atoms. The molecule has 2 aromatic heterocycles. The second kappa shape index (κ2) is 9.31. The van der Waals surface area contributed by atoms with Crippen LogP contribution in [-0.4, -0.2) is 32.5 Å². The highest BCUT2D eigenvalue weighted by Crippen LogP contribution is 2.30. The number of nitrogens with one attached hydrogen (secondary N) is 1. The fourth-order valence-corrected chi connectivity index (χ4v) is 4.60. The van der Waals surface area contributed by atoms with Gasteiger partial charge in [-0.1, -0.05) is 49.2 Å². The van der Waals surface area contributed by atoms with E-state index in [9.17, 15) is 4.79 Å². The predicted octanol–water partition coefficient (Wildman–Crippen LogP) is 4.70. The van der Waals surface area contributed by atoms with E-state index in [0.29, 0.717) is 22.7 Å². The minimum absolute atomic E-state index is 0.0442. The summed E-state index contributed by atoms with van der Waals surface area (Å²) < 4.78 is 7.48. The van der Waals surface area contributed by atoms with Gasteiger partial charge in [-0.15, -0.1) is 10.2 Å². The van der Waals surface area contributed by atoms with E-state index in [2.05, 4.69) is 15.5 Å². The summed E-state index contributed by atoms with van der Waals surface area (Å²) in [7, 11) is 0. The fraction of sp³-hybridized carbons (Fsp3) is 0.409. The number of benzene rings is 1. The summed E-state index contributed by atoms with van der Waals surface area (Å²) in [6.45, 7) is 2.68. The molecule has 1 aliphatic rings. The first-order valence-electron chi connectivity index (χ1n) is 10.2. The molecule has 1 aliphatic carbocycles. The number of furan rings is 1. The Hall–Kier alpha value is -2.54. The standard InChI is InChI=1S/C22H26N4O2S/c1-16(21(27)23-15-17-9-4-2-5-10-17)29-22-25-24-20(19-13-8-14-28-19)26(22)18-11-6-3-7-12-18/h3,6-8,11-14,16-17H,2,4-5,9-10,15H2,1H3,(H,23,27). The molecule has 0 aliphatic heterocycles. The normalized spacial score (nSPS) is 15.9. The molecule has 3 aromatic rings. The van der Waals surface area contributed by atoms with Gasteiger partial charge in [0.1, 0.15) is 0 Å². The molecule has 4 rings (SSSR count). The average Bonchev–Trinajstić information content (AvgIpc) is 3.43. The smallest absolute Gasteiger partial charge is 0.233 e. The lowest BCUT2D eigenvalue weighted by Gasteiger charge is -2.22. The van der Waals surface area contributed by atoms with Crippen molar-refractivity contribution in [1.29, 1.82) is 0 Å². The first kappa shape index (κ1) is 19.8. The van der Waals surface area contributed by atoms with Gasteiger partial charge in [0.15, 0.2) is 10.9 Å². The summed E-state index contributed by atoms with van der Waals surface area (Å²) in [6.07, 6.45) is 7.94. The van der Waals surface area contributed by atoms with Crippen molar-refractivity contribution in [2.45, 2.75) is 49.4 Å². The third-order valence-corrected chi connectivity index (χ3v) is 6.37. The summed E-state index contributed by atoms with van der Waals surface area (Å²) in [5, 5.41) is 12.2. The molecule has 1 saturated carbocycles. The Kier molecular flexibility index (Phi) is 6.34. The van der Waals surface area contributed by atoms with Crippen LogP contribution in [0.5, 0.6) is 0 Å². The number of nitrogens with zero attached hydrogens (tertiary/aromatic N) is 3. The fourth-order valence-electron chi connectivity index (χ4n) is 3.71. The van der Waals surface area contributed by atoms with Crippen molar-refractivity contribution in [3.05, 3.63) is 48.7 Å². The Bertz CT molecular complexity index is 918. The van der Waals surface area contributed by atoms with E-state index in [4.69, 9.17) is 4.42 Å². The second-order valence-corrected chi connectivity index (χ2v) is 8.77. The third kappa shape index (κ3) is 4.72. The number of hydrogen-bond donors (Lipinski definition) is 1. The van der Waals surface area contributed by atoms with Gasteiger partial charge in [0, 0.05) is 12.2 Å². The largest absolute Gasteiger partial charge is 0.461 e. The molecule has 0 spiro atoms. The van der Waals surface area contributed by atoms with Crippen LogP contribution < -0.4 is 5.32 Å². The van der Waals surface area contributed by atoms with Crippen molar-refractivity contribution in [1.82, 2.24) is 20.1 Å². The highest BCUT2D eigenvalue weighted by atomic mass is 32.2. The van der Waals surface area contributed by atoms with Gasteiger partial charge in [0.05, 0.1) is 11.5 Å². The molecule has 2 heterocycles. The topological polar surface area (TPSA) is 73.0 Å². The second-order valence-electron chi connectivity index (χ2n) is 7.46. The number of rotatable bonds is 7. The van der Waals surface area contributed by atoms with Crippen LogP contribution in [0.4, 0.5) is 0 Å². The van der Waals surface area contributed by atoms with Crippen LogP contribution in [0.1, 0.15) is 39.0 Å². The minimum atomic E-state index is -0.269. The third-order valence-electron chi connectivity index (χ3n) is 5.33. The predicted molar refractivity (Wildman–Crippen MR) is 114 cm³/mol. The van der Waals surface area contributed by atoms with Gasteiger partial charge in [-0.05, 0) is 49.9 Å². The van der Waals surface area contributed by atoms with Crippen LogP contribution in [0.2, 0.25) is 0 Å². The monoisotopic (exact) mass is 410 g/mol. The molecule has 0 radical (unpaired) electrons. The van der Waals surface area contributed by atoms with E-state index in [1.165, 1.54) is 43.9 Å². The number of amides is 1. The van der Waals surface area contributed by atoms with Crippen LogP contribution in [-0.2, 0) is 4.79 Å². The van der Waals surface area contributed by atoms with Crippen molar-refractivity contribution >= 4 is 17.7 Å². The highest BCUT2D eigenvalue weighted by Gasteiger charge is 2.23. The van der Waals surface area contributed by atoms with Crippen molar-refractivity contribution in [3.8, 4) is 17.3 Å². The van der Waals surface area contributed by atoms with Gasteiger partial charge >= 0.3 is 0 Å². The Morgan fingerprint density at radius 2 is 1.97 bits per heavy atom. The average molecular weight is 411 g/mol. The maximum atomic E-state index is 12.7. The van der Waals surface area contributed by atoms with Crippen molar-refractivity contribution in [2.24, 2.45) is 5.92 Å². The molecule has 1 aromatic carbocycles. The minimum Gasteiger partial charge on any atom is -0.461 e. The maximum absolute atomic E-state index is 12.7. The molecule has 1 atom stereocenters. The number of carbonyl (C=O) groups is 1. The van der Waals surface area contributed by atoms with Crippen LogP contribution in [0.3, 0.4) is 0 Å². The first-order chi connectivity index (χ1) is 14.2. The molecule has 1 N–H and O–H groups in total. The van der Waals surface area contributed by atoms with E-state index in [1.807, 2.05) is 54.0 Å². The Balaban J connectivity index is 1.50. The van der Waals surface area contributed by atoms with E-state index < -0.39 is 0 Å². The van der Waals surface area contributed by atoms with Gasteiger partial charge in [-0.2, -0.15) is 0 Å². The molecule has 1 fully saturated rings. The lowest BCUT2D eigenvalue weighted by atomic mass is 9.89. The molecule has 1 unspecified atom stereocenters. The summed E-state index contributed by atoms with van der Waals surface area (Å²) in [4.78, 5) is 12.7. The molecule has 152 valence electrons. The number of thioether (sulfide) groups is 1. The number of carbonyl (C=O) groups excluding carboxylic acids is 1. The van der Waals surface area contributed by atoms with Crippen LogP contribution in [0, 0.1) is 5.92 Å². The van der Waals surface area contributed by atoms with Crippen LogP contribution in [0.25, 0.3) is 17.3 Å². The van der Waals surface area contributed by atoms with Gasteiger partial charge in [0.25, 0.3) is 0 Å². The van der Waals surface area contributed by atoms with Gasteiger partial charge < -0.3 is 9.73 Å². The summed E-state index contributed by atoms with van der Waals surface area (Å²) in [5.41, 5.74) is 0.932. The van der Waals surface area contributed by atoms with Crippen LogP contribution in [0.15, 0.2) is 58.3 Å². The Labute approximate surface area is 175 Å². The zero-order chi connectivity index (χ0) is 20.1. The molecular formula is C22H26N4O2S. The Morgan fingerprint density at radius 1 is 1.17 bits per heavy atom. The van der Waals surface area contributed by atoms with Crippen molar-refractivity contribution in [3.63, 3.8) is 0 Å². The number of hydrogen-bond acceptors (Lipinski definition) is 5. The van der Waals surface area contributed by atoms with Gasteiger partial charge in [-0.3, -0.25) is 9.36 Å². The van der Waals surface area contributed by atoms with Crippen LogP contribution >= 0.6 is 11.8 Å². The van der Waals surface area contributed by atoms with Gasteiger partial charge in [-0.25, -0.2) is 0 Å². The first-order valence-corrected chi connectivity index (χ1v) is 11.1. The lowest BCUT2D eigenvalue weighted by Crippen LogP contribution is -2.35. The van der Waals surface area contributed by atoms with E-state index in [0.717, 1.165) is 12.2 Å². The molecule has 6 nitrogen and oxygen atoms in total. The highest BCUT2D eigenvalue weighted by molar-refractivity contribution is 8.00. The quantitative estimate of drug-likeness (QED) is 0.571. The van der Waals surface area contributed by atoms with E-state index >= 15 is 0 Å². The molecular weight excluding hydrogens is 384 g/mol. The number of para-hydroxylation sites is 1. The zero-order valence-electron chi connectivity index (χ0n) is 16.6.